The van der Waals surface area contributed by atoms with Crippen molar-refractivity contribution >= 4 is 5.69 Å². The van der Waals surface area contributed by atoms with Gasteiger partial charge in [0.2, 0.25) is 0 Å². The van der Waals surface area contributed by atoms with E-state index in [0.717, 1.165) is 19.4 Å². The van der Waals surface area contributed by atoms with Gasteiger partial charge in [-0.05, 0) is 30.9 Å². The first-order valence-corrected chi connectivity index (χ1v) is 6.39. The van der Waals surface area contributed by atoms with Crippen LogP contribution in [0.4, 0.5) is 5.69 Å². The van der Waals surface area contributed by atoms with Gasteiger partial charge in [-0.25, -0.2) is 5.84 Å². The van der Waals surface area contributed by atoms with Crippen LogP contribution >= 0.6 is 0 Å². The third kappa shape index (κ3) is 3.86. The number of hydrogen-bond donors (Lipinski definition) is 1. The largest absolute Gasteiger partial charge is 0.311 e. The summed E-state index contributed by atoms with van der Waals surface area (Å²) < 4.78 is 0. The molecule has 0 fully saturated rings. The molecule has 1 aromatic rings. The number of nitrogens with zero attached hydrogens (tertiary/aromatic N) is 1. The summed E-state index contributed by atoms with van der Waals surface area (Å²) in [5.74, 6) is 6.09. The van der Waals surface area contributed by atoms with Crippen LogP contribution < -0.4 is 10.9 Å². The molecule has 2 heteroatoms. The molecule has 0 bridgehead atoms. The lowest BCUT2D eigenvalue weighted by Gasteiger charge is -2.21. The highest BCUT2D eigenvalue weighted by molar-refractivity contribution is 5.52. The Morgan fingerprint density at radius 2 is 1.75 bits per heavy atom. The van der Waals surface area contributed by atoms with Gasteiger partial charge in [-0.3, -0.25) is 0 Å². The zero-order valence-corrected chi connectivity index (χ0v) is 10.6. The maximum atomic E-state index is 6.09. The fraction of sp³-hybridized carbons (Fsp3) is 0.571. The second-order valence-corrected chi connectivity index (χ2v) is 4.28. The van der Waals surface area contributed by atoms with E-state index in [2.05, 4.69) is 38.1 Å². The zero-order valence-electron chi connectivity index (χ0n) is 10.6. The summed E-state index contributed by atoms with van der Waals surface area (Å²) in [5.41, 5.74) is 2.58. The van der Waals surface area contributed by atoms with Crippen molar-refractivity contribution in [3.8, 4) is 0 Å². The van der Waals surface area contributed by atoms with Crippen molar-refractivity contribution in [2.24, 2.45) is 5.84 Å². The predicted octanol–water partition coefficient (Wildman–Crippen LogP) is 3.51. The van der Waals surface area contributed by atoms with E-state index in [9.17, 15) is 0 Å². The minimum atomic E-state index is 0.944. The Morgan fingerprint density at radius 1 is 1.06 bits per heavy atom. The quantitative estimate of drug-likeness (QED) is 0.563. The zero-order chi connectivity index (χ0) is 11.8. The molecule has 0 radical (unpaired) electrons. The Hall–Kier alpha value is -1.02. The van der Waals surface area contributed by atoms with E-state index in [1.54, 1.807) is 0 Å². The molecule has 0 aromatic heterocycles. The number of anilines is 1. The summed E-state index contributed by atoms with van der Waals surface area (Å²) in [6, 6.07) is 8.48. The van der Waals surface area contributed by atoms with Crippen LogP contribution in [0.5, 0.6) is 0 Å². The summed E-state index contributed by atoms with van der Waals surface area (Å²) in [7, 11) is 0. The highest BCUT2D eigenvalue weighted by Crippen LogP contribution is 2.20. The highest BCUT2D eigenvalue weighted by atomic mass is 15.4. The number of rotatable bonds is 7. The molecule has 1 aromatic carbocycles. The van der Waals surface area contributed by atoms with Crippen LogP contribution in [0.25, 0.3) is 0 Å². The molecule has 0 unspecified atom stereocenters. The highest BCUT2D eigenvalue weighted by Gasteiger charge is 2.06. The van der Waals surface area contributed by atoms with Gasteiger partial charge in [0.25, 0.3) is 0 Å². The Bertz CT molecular complexity index is 297. The molecular formula is C14H24N2. The number of hydrazine groups is 1. The monoisotopic (exact) mass is 220 g/mol. The van der Waals surface area contributed by atoms with Crippen LogP contribution in [0.2, 0.25) is 0 Å². The molecule has 0 heterocycles. The van der Waals surface area contributed by atoms with Crippen molar-refractivity contribution in [2.45, 2.75) is 46.0 Å². The minimum absolute atomic E-state index is 0.944. The van der Waals surface area contributed by atoms with Crippen LogP contribution in [0, 0.1) is 0 Å². The number of hydrogen-bond acceptors (Lipinski definition) is 2. The van der Waals surface area contributed by atoms with Gasteiger partial charge in [-0.1, -0.05) is 44.9 Å². The number of benzene rings is 1. The molecule has 0 aliphatic rings. The van der Waals surface area contributed by atoms with Crippen LogP contribution in [0.15, 0.2) is 24.3 Å². The molecule has 0 aliphatic heterocycles. The van der Waals surface area contributed by atoms with E-state index in [4.69, 9.17) is 5.84 Å². The van der Waals surface area contributed by atoms with Crippen molar-refractivity contribution in [1.82, 2.24) is 0 Å². The second kappa shape index (κ2) is 7.29. The SMILES string of the molecule is CCCCc1ccccc1N(N)CCCC. The average molecular weight is 220 g/mol. The van der Waals surface area contributed by atoms with E-state index in [1.807, 2.05) is 5.01 Å². The third-order valence-electron chi connectivity index (χ3n) is 2.85. The maximum Gasteiger partial charge on any atom is 0.0549 e. The van der Waals surface area contributed by atoms with Crippen LogP contribution in [-0.2, 0) is 6.42 Å². The lowest BCUT2D eigenvalue weighted by atomic mass is 10.1. The molecular weight excluding hydrogens is 196 g/mol. The molecule has 0 atom stereocenters. The van der Waals surface area contributed by atoms with Gasteiger partial charge in [0.05, 0.1) is 5.69 Å². The smallest absolute Gasteiger partial charge is 0.0549 e. The fourth-order valence-electron chi connectivity index (χ4n) is 1.82. The van der Waals surface area contributed by atoms with Crippen LogP contribution in [-0.4, -0.2) is 6.54 Å². The molecule has 0 aliphatic carbocycles. The molecule has 2 nitrogen and oxygen atoms in total. The molecule has 0 saturated carbocycles. The Kier molecular flexibility index (Phi) is 5.94. The first-order chi connectivity index (χ1) is 7.79. The van der Waals surface area contributed by atoms with Gasteiger partial charge in [-0.2, -0.15) is 0 Å². The maximum absolute atomic E-state index is 6.09. The molecule has 0 saturated heterocycles. The van der Waals surface area contributed by atoms with Gasteiger partial charge in [0.1, 0.15) is 0 Å². The number of nitrogens with two attached hydrogens (primary N) is 1. The van der Waals surface area contributed by atoms with E-state index in [-0.39, 0.29) is 0 Å². The van der Waals surface area contributed by atoms with Crippen molar-refractivity contribution in [1.29, 1.82) is 0 Å². The summed E-state index contributed by atoms with van der Waals surface area (Å²) in [6.07, 6.45) is 5.93. The second-order valence-electron chi connectivity index (χ2n) is 4.28. The number of unbranched alkanes of at least 4 members (excludes halogenated alkanes) is 2. The summed E-state index contributed by atoms with van der Waals surface area (Å²) in [6.45, 7) is 5.36. The van der Waals surface area contributed by atoms with Crippen molar-refractivity contribution in [2.75, 3.05) is 11.6 Å². The average Bonchev–Trinajstić information content (AvgIpc) is 2.33. The van der Waals surface area contributed by atoms with Gasteiger partial charge >= 0.3 is 0 Å². The van der Waals surface area contributed by atoms with Gasteiger partial charge in [0.15, 0.2) is 0 Å². The third-order valence-corrected chi connectivity index (χ3v) is 2.85. The molecule has 0 spiro atoms. The van der Waals surface area contributed by atoms with Crippen molar-refractivity contribution in [3.63, 3.8) is 0 Å². The predicted molar refractivity (Wildman–Crippen MR) is 71.5 cm³/mol. The van der Waals surface area contributed by atoms with E-state index < -0.39 is 0 Å². The Morgan fingerprint density at radius 3 is 2.44 bits per heavy atom. The summed E-state index contributed by atoms with van der Waals surface area (Å²) >= 11 is 0. The van der Waals surface area contributed by atoms with Crippen molar-refractivity contribution < 1.29 is 0 Å². The molecule has 16 heavy (non-hydrogen) atoms. The lowest BCUT2D eigenvalue weighted by Crippen LogP contribution is -2.32. The normalized spacial score (nSPS) is 10.4. The minimum Gasteiger partial charge on any atom is -0.311 e. The van der Waals surface area contributed by atoms with E-state index in [0.29, 0.717) is 0 Å². The standard InChI is InChI=1S/C14H24N2/c1-3-5-9-13-10-7-8-11-14(13)16(15)12-6-4-2/h7-8,10-11H,3-6,9,12,15H2,1-2H3. The van der Waals surface area contributed by atoms with Crippen LogP contribution in [0.3, 0.4) is 0 Å². The van der Waals surface area contributed by atoms with Gasteiger partial charge in [0, 0.05) is 6.54 Å². The van der Waals surface area contributed by atoms with E-state index in [1.165, 1.54) is 30.5 Å². The Labute approximate surface area is 99.4 Å². The molecule has 90 valence electrons. The topological polar surface area (TPSA) is 29.3 Å². The molecule has 0 amide bonds. The van der Waals surface area contributed by atoms with Crippen LogP contribution in [0.1, 0.15) is 45.1 Å². The van der Waals surface area contributed by atoms with E-state index >= 15 is 0 Å². The van der Waals surface area contributed by atoms with Gasteiger partial charge in [-0.15, -0.1) is 0 Å². The molecule has 1 rings (SSSR count). The Balaban J connectivity index is 2.68. The molecule has 2 N–H and O–H groups in total. The fourth-order valence-corrected chi connectivity index (χ4v) is 1.82. The first-order valence-electron chi connectivity index (χ1n) is 6.39. The number of para-hydroxylation sites is 1. The summed E-state index contributed by atoms with van der Waals surface area (Å²) in [4.78, 5) is 0. The summed E-state index contributed by atoms with van der Waals surface area (Å²) in [5, 5.41) is 1.90. The number of aryl methyl sites for hydroxylation is 1. The lowest BCUT2D eigenvalue weighted by molar-refractivity contribution is 0.728. The first kappa shape index (κ1) is 13.0. The van der Waals surface area contributed by atoms with Gasteiger partial charge < -0.3 is 5.01 Å². The van der Waals surface area contributed by atoms with Crippen molar-refractivity contribution in [3.05, 3.63) is 29.8 Å².